The van der Waals surface area contributed by atoms with Crippen molar-refractivity contribution in [3.05, 3.63) is 60.7 Å². The number of hydrogen-bond acceptors (Lipinski definition) is 3. The third-order valence-corrected chi connectivity index (χ3v) is 2.89. The summed E-state index contributed by atoms with van der Waals surface area (Å²) in [7, 11) is 1.92. The zero-order valence-corrected chi connectivity index (χ0v) is 10.7. The van der Waals surface area contributed by atoms with E-state index in [1.165, 1.54) is 5.56 Å². The summed E-state index contributed by atoms with van der Waals surface area (Å²) < 4.78 is 3.64. The van der Waals surface area contributed by atoms with Gasteiger partial charge < -0.3 is 5.32 Å². The van der Waals surface area contributed by atoms with Crippen LogP contribution in [-0.4, -0.2) is 19.6 Å². The second-order valence-electron chi connectivity index (χ2n) is 4.37. The highest BCUT2D eigenvalue weighted by Crippen LogP contribution is 2.13. The van der Waals surface area contributed by atoms with Gasteiger partial charge in [-0.15, -0.1) is 0 Å². The molecule has 0 saturated heterocycles. The lowest BCUT2D eigenvalue weighted by atomic mass is 10.2. The van der Waals surface area contributed by atoms with Gasteiger partial charge in [0.25, 0.3) is 0 Å². The van der Waals surface area contributed by atoms with E-state index >= 15 is 0 Å². The average molecular weight is 253 g/mol. The van der Waals surface area contributed by atoms with Gasteiger partial charge in [0, 0.05) is 43.4 Å². The van der Waals surface area contributed by atoms with Crippen LogP contribution in [0, 0.1) is 0 Å². The predicted molar refractivity (Wildman–Crippen MR) is 74.1 cm³/mol. The first-order valence-electron chi connectivity index (χ1n) is 6.13. The van der Waals surface area contributed by atoms with Crippen LogP contribution in [0.3, 0.4) is 0 Å². The first kappa shape index (κ1) is 11.5. The number of benzene rings is 1. The van der Waals surface area contributed by atoms with Crippen molar-refractivity contribution in [2.24, 2.45) is 7.05 Å². The lowest BCUT2D eigenvalue weighted by molar-refractivity contribution is 0.767. The van der Waals surface area contributed by atoms with Crippen molar-refractivity contribution < 1.29 is 0 Å². The standard InChI is InChI=1S/C14H15N5/c1-18-11-12(10-17-18)9-15-13-3-5-14(6-4-13)19-8-2-7-16-19/h2-8,10-11,15H,9H2,1H3. The van der Waals surface area contributed by atoms with Crippen LogP contribution in [0.1, 0.15) is 5.56 Å². The van der Waals surface area contributed by atoms with E-state index in [9.17, 15) is 0 Å². The van der Waals surface area contributed by atoms with Crippen molar-refractivity contribution in [2.45, 2.75) is 6.54 Å². The normalized spacial score (nSPS) is 10.6. The molecule has 96 valence electrons. The van der Waals surface area contributed by atoms with Crippen LogP contribution < -0.4 is 5.32 Å². The Bertz CT molecular complexity index is 637. The fourth-order valence-electron chi connectivity index (χ4n) is 1.92. The minimum absolute atomic E-state index is 0.773. The fraction of sp³-hybridized carbons (Fsp3) is 0.143. The van der Waals surface area contributed by atoms with Crippen molar-refractivity contribution in [1.82, 2.24) is 19.6 Å². The van der Waals surface area contributed by atoms with Crippen LogP contribution >= 0.6 is 0 Å². The molecule has 0 amide bonds. The first-order valence-corrected chi connectivity index (χ1v) is 6.13. The van der Waals surface area contributed by atoms with E-state index in [1.807, 2.05) is 60.7 Å². The summed E-state index contributed by atoms with van der Waals surface area (Å²) in [6.07, 6.45) is 7.57. The van der Waals surface area contributed by atoms with E-state index in [0.29, 0.717) is 0 Å². The number of nitrogens with one attached hydrogen (secondary N) is 1. The molecule has 2 heterocycles. The number of hydrogen-bond donors (Lipinski definition) is 1. The third kappa shape index (κ3) is 2.65. The summed E-state index contributed by atoms with van der Waals surface area (Å²) in [6, 6.07) is 10.1. The van der Waals surface area contributed by atoms with E-state index in [-0.39, 0.29) is 0 Å². The summed E-state index contributed by atoms with van der Waals surface area (Å²) >= 11 is 0. The molecule has 0 aliphatic carbocycles. The highest BCUT2D eigenvalue weighted by Gasteiger charge is 1.98. The maximum atomic E-state index is 4.20. The fourth-order valence-corrected chi connectivity index (χ4v) is 1.92. The van der Waals surface area contributed by atoms with Crippen LogP contribution in [0.25, 0.3) is 5.69 Å². The summed E-state index contributed by atoms with van der Waals surface area (Å²) in [5.74, 6) is 0. The molecule has 0 spiro atoms. The molecule has 5 heteroatoms. The number of nitrogens with zero attached hydrogens (tertiary/aromatic N) is 4. The molecule has 2 aromatic heterocycles. The molecule has 19 heavy (non-hydrogen) atoms. The number of aromatic nitrogens is 4. The van der Waals surface area contributed by atoms with E-state index in [1.54, 1.807) is 10.9 Å². The van der Waals surface area contributed by atoms with Gasteiger partial charge in [-0.25, -0.2) is 4.68 Å². The van der Waals surface area contributed by atoms with Crippen LogP contribution in [-0.2, 0) is 13.6 Å². The largest absolute Gasteiger partial charge is 0.381 e. The lowest BCUT2D eigenvalue weighted by Crippen LogP contribution is -1.99. The lowest BCUT2D eigenvalue weighted by Gasteiger charge is -2.06. The molecule has 1 N–H and O–H groups in total. The summed E-state index contributed by atoms with van der Waals surface area (Å²) in [6.45, 7) is 0.773. The summed E-state index contributed by atoms with van der Waals surface area (Å²) in [5.41, 5.74) is 3.30. The summed E-state index contributed by atoms with van der Waals surface area (Å²) in [5, 5.41) is 11.7. The maximum absolute atomic E-state index is 4.20. The van der Waals surface area contributed by atoms with Gasteiger partial charge in [-0.05, 0) is 30.3 Å². The molecule has 0 unspecified atom stereocenters. The van der Waals surface area contributed by atoms with Gasteiger partial charge in [0.05, 0.1) is 11.9 Å². The molecule has 3 aromatic rings. The number of anilines is 1. The Morgan fingerprint density at radius 2 is 2.00 bits per heavy atom. The molecule has 0 aliphatic rings. The van der Waals surface area contributed by atoms with E-state index in [2.05, 4.69) is 15.5 Å². The molecular formula is C14H15N5. The minimum Gasteiger partial charge on any atom is -0.381 e. The molecule has 1 aromatic carbocycles. The predicted octanol–water partition coefficient (Wildman–Crippen LogP) is 2.22. The Labute approximate surface area is 111 Å². The van der Waals surface area contributed by atoms with E-state index in [0.717, 1.165) is 17.9 Å². The van der Waals surface area contributed by atoms with Gasteiger partial charge in [0.2, 0.25) is 0 Å². The summed E-state index contributed by atoms with van der Waals surface area (Å²) in [4.78, 5) is 0. The topological polar surface area (TPSA) is 47.7 Å². The Balaban J connectivity index is 1.66. The zero-order chi connectivity index (χ0) is 13.1. The molecule has 0 aliphatic heterocycles. The quantitative estimate of drug-likeness (QED) is 0.775. The molecule has 0 bridgehead atoms. The average Bonchev–Trinajstić information content (AvgIpc) is 3.08. The molecule has 0 radical (unpaired) electrons. The van der Waals surface area contributed by atoms with Gasteiger partial charge in [-0.3, -0.25) is 4.68 Å². The molecule has 5 nitrogen and oxygen atoms in total. The zero-order valence-electron chi connectivity index (χ0n) is 10.7. The molecular weight excluding hydrogens is 238 g/mol. The van der Waals surface area contributed by atoms with Gasteiger partial charge in [-0.1, -0.05) is 0 Å². The Morgan fingerprint density at radius 3 is 2.63 bits per heavy atom. The van der Waals surface area contributed by atoms with Crippen LogP contribution in [0.4, 0.5) is 5.69 Å². The molecule has 0 saturated carbocycles. The SMILES string of the molecule is Cn1cc(CNc2ccc(-n3cccn3)cc2)cn1. The van der Waals surface area contributed by atoms with Crippen molar-refractivity contribution in [1.29, 1.82) is 0 Å². The van der Waals surface area contributed by atoms with E-state index < -0.39 is 0 Å². The van der Waals surface area contributed by atoms with Crippen LogP contribution in [0.2, 0.25) is 0 Å². The Morgan fingerprint density at radius 1 is 1.16 bits per heavy atom. The highest BCUT2D eigenvalue weighted by molar-refractivity contribution is 5.48. The van der Waals surface area contributed by atoms with E-state index in [4.69, 9.17) is 0 Å². The van der Waals surface area contributed by atoms with Crippen LogP contribution in [0.15, 0.2) is 55.1 Å². The van der Waals surface area contributed by atoms with Crippen molar-refractivity contribution in [2.75, 3.05) is 5.32 Å². The smallest absolute Gasteiger partial charge is 0.0647 e. The van der Waals surface area contributed by atoms with Crippen LogP contribution in [0.5, 0.6) is 0 Å². The Hall–Kier alpha value is -2.56. The third-order valence-electron chi connectivity index (χ3n) is 2.89. The van der Waals surface area contributed by atoms with Gasteiger partial charge in [-0.2, -0.15) is 10.2 Å². The molecule has 0 fully saturated rings. The molecule has 3 rings (SSSR count). The van der Waals surface area contributed by atoms with Gasteiger partial charge >= 0.3 is 0 Å². The van der Waals surface area contributed by atoms with Gasteiger partial charge in [0.1, 0.15) is 0 Å². The monoisotopic (exact) mass is 253 g/mol. The first-order chi connectivity index (χ1) is 9.31. The maximum Gasteiger partial charge on any atom is 0.0647 e. The second-order valence-corrected chi connectivity index (χ2v) is 4.37. The van der Waals surface area contributed by atoms with Gasteiger partial charge in [0.15, 0.2) is 0 Å². The van der Waals surface area contributed by atoms with Crippen molar-refractivity contribution in [3.8, 4) is 5.69 Å². The van der Waals surface area contributed by atoms with Crippen molar-refractivity contribution >= 4 is 5.69 Å². The highest BCUT2D eigenvalue weighted by atomic mass is 15.3. The van der Waals surface area contributed by atoms with Crippen molar-refractivity contribution in [3.63, 3.8) is 0 Å². The minimum atomic E-state index is 0.773. The second kappa shape index (κ2) is 4.97. The number of aryl methyl sites for hydroxylation is 1. The molecule has 0 atom stereocenters. The number of rotatable bonds is 4. The Kier molecular flexibility index (Phi) is 3.02.